The highest BCUT2D eigenvalue weighted by molar-refractivity contribution is 5.90. The molecule has 0 spiro atoms. The summed E-state index contributed by atoms with van der Waals surface area (Å²) in [6, 6.07) is 49.2. The first-order chi connectivity index (χ1) is 68.3. The van der Waals surface area contributed by atoms with Crippen molar-refractivity contribution in [1.29, 1.82) is 31.6 Å². The number of methoxy groups -OCH3 is 1. The Morgan fingerprint density at radius 3 is 0.972 bits per heavy atom. The molecule has 0 fully saturated rings. The van der Waals surface area contributed by atoms with Gasteiger partial charge in [-0.2, -0.15) is 102 Å². The van der Waals surface area contributed by atoms with Crippen LogP contribution in [-0.2, 0) is 53.2 Å². The van der Waals surface area contributed by atoms with Crippen LogP contribution in [-0.4, -0.2) is 118 Å². The molecule has 0 radical (unpaired) electrons. The second kappa shape index (κ2) is 41.5. The molecule has 143 heavy (non-hydrogen) atoms. The second-order valence-corrected chi connectivity index (χ2v) is 35.8. The Bertz CT molecular complexity index is 8590. The zero-order valence-electron chi connectivity index (χ0n) is 81.9. The maximum atomic E-state index is 14.3. The maximum Gasteiger partial charge on any atom is 0.416 e. The maximum absolute atomic E-state index is 14.3. The highest BCUT2D eigenvalue weighted by Gasteiger charge is 2.34. The van der Waals surface area contributed by atoms with Crippen molar-refractivity contribution in [1.82, 2.24) is 85.1 Å². The van der Waals surface area contributed by atoms with E-state index >= 15 is 0 Å². The predicted molar refractivity (Wildman–Crippen MR) is 534 cm³/mol. The molecule has 0 unspecified atom stereocenters. The Hall–Kier alpha value is -17.8. The average Bonchev–Trinajstić information content (AvgIpc) is 1.69. The predicted octanol–water partition coefficient (Wildman–Crippen LogP) is 16.6. The molecular weight excluding hydrogens is 1830 g/mol. The third kappa shape index (κ3) is 18.7. The van der Waals surface area contributed by atoms with Gasteiger partial charge in [-0.1, -0.05) is 162 Å². The number of aryl methyl sites for hydroxylation is 6. The molecule has 0 atom stereocenters. The van der Waals surface area contributed by atoms with E-state index in [0.717, 1.165) is 78.6 Å². The number of allylic oxidation sites excluding steroid dienone is 1. The Morgan fingerprint density at radius 1 is 0.357 bits per heavy atom. The molecule has 0 N–H and O–H groups in total. The van der Waals surface area contributed by atoms with Gasteiger partial charge in [0, 0.05) is 93.0 Å². The Kier molecular flexibility index (Phi) is 29.3. The van der Waals surface area contributed by atoms with E-state index in [-0.39, 0.29) is 80.0 Å². The minimum absolute atomic E-state index is 0.00761. The molecule has 0 saturated carbocycles. The number of benzene rings is 5. The molecule has 14 heterocycles. The first kappa shape index (κ1) is 101. The quantitative estimate of drug-likeness (QED) is 0.0912. The largest absolute Gasteiger partial charge is 0.497 e. The molecule has 0 saturated heterocycles. The third-order valence-electron chi connectivity index (χ3n) is 24.8. The van der Waals surface area contributed by atoms with E-state index in [1.165, 1.54) is 78.0 Å². The number of aromatic nitrogens is 18. The lowest BCUT2D eigenvalue weighted by Crippen LogP contribution is -2.27. The zero-order valence-corrected chi connectivity index (χ0v) is 81.9. The fourth-order valence-electron chi connectivity index (χ4n) is 18.4. The zero-order chi connectivity index (χ0) is 104. The summed E-state index contributed by atoms with van der Waals surface area (Å²) in [6.07, 6.45) is 9.62. The van der Waals surface area contributed by atoms with E-state index in [0.29, 0.717) is 132 Å². The van der Waals surface area contributed by atoms with E-state index in [2.05, 4.69) is 84.1 Å². The molecule has 0 amide bonds. The van der Waals surface area contributed by atoms with Crippen molar-refractivity contribution in [2.75, 3.05) is 26.9 Å². The standard InChI is InChI=1S/C23H20N4O.C18H15F3N4O.C18H18N4O2.C17H15FN4O.C15H15N5O.C15H16N4O2/c1-15(2)20-21(26(3)22-19(13-24)14-25-27(22)23(20)28)18-11-7-10-17(12-18)16-8-5-4-6-9-16;1-10(2)14-15(11-4-6-13(7-5-11)18(19,20)21)24(3)16-12(8-22)9-23-25(16)17(14)26;1-11(2)15-16(12-5-7-14(24-4)8-6-12)21(3)17-13(9-19)10-20-22(17)18(15)23;1-10(2)14-15(12-6-4-5-7-13(12)18)21(3)16-11(8-19)9-20-22(16)17(14)23;1-9(2)12-13(10-4-5-17-7-10)19(3)14-11(6-16)8-18-20(14)15(12)21;1-9(2)12-13(10-4-5-21-8-10)18(3)14-11(6-16)7-17-19(14)15(12)20/h4-12,14-15H,1-3H3;4-7,9-10H,1-3H3;5-8,10-11H,1-4H3;4-7,9-10H,1-3H3;4-5,8-9H,7H2,1-3H3;4,7,9H,5,8H2,1-3H3. The Balaban J connectivity index is 0.000000137. The summed E-state index contributed by atoms with van der Waals surface area (Å²) in [4.78, 5) is 81.5. The van der Waals surface area contributed by atoms with E-state index in [1.807, 2.05) is 208 Å². The summed E-state index contributed by atoms with van der Waals surface area (Å²) in [5, 5.41) is 80.1. The number of hydrogen-bond donors (Lipinski definition) is 0. The summed E-state index contributed by atoms with van der Waals surface area (Å²) in [5.74, 6) is 0.157. The van der Waals surface area contributed by atoms with Crippen molar-refractivity contribution < 1.29 is 27.0 Å². The molecule has 33 nitrogen and oxygen atoms in total. The van der Waals surface area contributed by atoms with Gasteiger partial charge in [0.15, 0.2) is 33.9 Å². The van der Waals surface area contributed by atoms with Gasteiger partial charge in [0.1, 0.15) is 81.4 Å². The number of rotatable bonds is 14. The van der Waals surface area contributed by atoms with Crippen LogP contribution in [0.25, 0.3) is 101 Å². The van der Waals surface area contributed by atoms with Gasteiger partial charge < -0.3 is 36.9 Å². The minimum Gasteiger partial charge on any atom is -0.497 e. The molecule has 37 heteroatoms. The summed E-state index contributed by atoms with van der Waals surface area (Å²) in [7, 11) is 12.4. The molecule has 724 valence electrons. The molecule has 5 aromatic carbocycles. The lowest BCUT2D eigenvalue weighted by atomic mass is 9.95. The molecule has 2 aliphatic rings. The van der Waals surface area contributed by atoms with Gasteiger partial charge in [0.2, 0.25) is 0 Å². The summed E-state index contributed by atoms with van der Waals surface area (Å²) < 4.78 is 81.9. The summed E-state index contributed by atoms with van der Waals surface area (Å²) in [5.41, 5.74) is 17.3. The monoisotopic (exact) mass is 1930 g/mol. The lowest BCUT2D eigenvalue weighted by molar-refractivity contribution is -0.137. The first-order valence-corrected chi connectivity index (χ1v) is 45.5. The van der Waals surface area contributed by atoms with E-state index < -0.39 is 17.6 Å². The number of nitrogens with zero attached hydrogens (tertiary/aromatic N) is 25. The van der Waals surface area contributed by atoms with Gasteiger partial charge in [-0.15, -0.1) is 0 Å². The molecular formula is C106H99F4N25O8. The van der Waals surface area contributed by atoms with Crippen LogP contribution in [0.15, 0.2) is 210 Å². The van der Waals surface area contributed by atoms with Crippen LogP contribution < -0.4 is 38.1 Å². The Labute approximate surface area is 816 Å². The van der Waals surface area contributed by atoms with E-state index in [4.69, 9.17) is 9.47 Å². The van der Waals surface area contributed by atoms with Crippen molar-refractivity contribution in [3.05, 3.63) is 328 Å². The van der Waals surface area contributed by atoms with Crippen molar-refractivity contribution in [3.8, 4) is 98.3 Å². The van der Waals surface area contributed by atoms with Crippen molar-refractivity contribution >= 4 is 51.2 Å². The second-order valence-electron chi connectivity index (χ2n) is 35.8. The number of halogens is 4. The fraction of sp³-hybridized carbons (Fsp3) is 0.274. The van der Waals surface area contributed by atoms with Crippen LogP contribution in [0.3, 0.4) is 0 Å². The van der Waals surface area contributed by atoms with Crippen molar-refractivity contribution in [2.24, 2.45) is 47.3 Å². The highest BCUT2D eigenvalue weighted by atomic mass is 19.4. The van der Waals surface area contributed by atoms with Crippen LogP contribution >= 0.6 is 0 Å². The number of hydrogen-bond acceptors (Lipinski definition) is 21. The van der Waals surface area contributed by atoms with Gasteiger partial charge in [-0.3, -0.25) is 33.8 Å². The topological polar surface area (TPSA) is 409 Å². The Morgan fingerprint density at radius 2 is 0.657 bits per heavy atom. The number of alkyl halides is 3. The third-order valence-corrected chi connectivity index (χ3v) is 24.8. The van der Waals surface area contributed by atoms with E-state index in [9.17, 15) is 77.9 Å². The van der Waals surface area contributed by atoms with Gasteiger partial charge in [0.25, 0.3) is 33.4 Å². The number of nitriles is 6. The molecule has 12 aromatic heterocycles. The van der Waals surface area contributed by atoms with Crippen molar-refractivity contribution in [2.45, 2.75) is 125 Å². The highest BCUT2D eigenvalue weighted by Crippen LogP contribution is 2.39. The van der Waals surface area contributed by atoms with Crippen LogP contribution in [0.1, 0.15) is 202 Å². The summed E-state index contributed by atoms with van der Waals surface area (Å²) in [6.45, 7) is 24.9. The molecule has 0 aliphatic carbocycles. The van der Waals surface area contributed by atoms with Gasteiger partial charge in [-0.05, 0) is 130 Å². The van der Waals surface area contributed by atoms with Crippen LogP contribution in [0.4, 0.5) is 17.6 Å². The van der Waals surface area contributed by atoms with Gasteiger partial charge >= 0.3 is 6.18 Å². The average molecular weight is 1930 g/mol. The lowest BCUT2D eigenvalue weighted by Gasteiger charge is -2.19. The SMILES string of the molecule is CC(C)c1c(-c2ccc(C(F)(F)F)cc2)n(C)c2c(C#N)cnn2c1=O.CC(C)c1c(-c2cccc(-c3ccccc3)c2)n(C)c2c(C#N)cnn2c1=O.CC(C)c1c(-c2ccccc2F)n(C)c2c(C#N)cnn2c1=O.CC(C)c1c(C2=CC=NC2)n(C)c2c(C#N)cnn2c1=O.CC(C)c1c(C2=CCOC2)n(C)c2c(C#N)cnn2c1=O.COc1ccc(-c2c(C(C)C)c(=O)n3ncc(C#N)c3n2C)cc1. The normalized spacial score (nSPS) is 12.2. The van der Waals surface area contributed by atoms with E-state index in [1.54, 1.807) is 54.8 Å². The fourth-order valence-corrected chi connectivity index (χ4v) is 18.4. The van der Waals surface area contributed by atoms with Crippen LogP contribution in [0.2, 0.25) is 0 Å². The molecule has 19 rings (SSSR count). The number of aliphatic imine (C=N–C) groups is 1. The summed E-state index contributed by atoms with van der Waals surface area (Å²) >= 11 is 0. The molecule has 0 bridgehead atoms. The van der Waals surface area contributed by atoms with Crippen LogP contribution in [0, 0.1) is 73.8 Å². The van der Waals surface area contributed by atoms with Gasteiger partial charge in [0.05, 0.1) is 104 Å². The number of fused-ring (bicyclic) bond motifs is 6. The minimum atomic E-state index is -4.44. The smallest absolute Gasteiger partial charge is 0.416 e. The van der Waals surface area contributed by atoms with Crippen LogP contribution in [0.5, 0.6) is 5.75 Å². The molecule has 2 aliphatic heterocycles. The number of ether oxygens (including phenoxy) is 2. The van der Waals surface area contributed by atoms with Gasteiger partial charge in [-0.25, -0.2) is 4.39 Å². The van der Waals surface area contributed by atoms with Crippen molar-refractivity contribution in [3.63, 3.8) is 0 Å². The first-order valence-electron chi connectivity index (χ1n) is 45.5. The molecule has 17 aromatic rings.